The van der Waals surface area contributed by atoms with Crippen molar-refractivity contribution < 1.29 is 9.59 Å². The minimum atomic E-state index is -0.299. The quantitative estimate of drug-likeness (QED) is 0.851. The molecule has 2 N–H and O–H groups in total. The summed E-state index contributed by atoms with van der Waals surface area (Å²) in [6, 6.07) is -0.182. The van der Waals surface area contributed by atoms with Crippen molar-refractivity contribution in [1.29, 1.82) is 0 Å². The third-order valence-corrected chi connectivity index (χ3v) is 4.84. The molecule has 0 aromatic heterocycles. The maximum Gasteiger partial charge on any atom is 0.245 e. The van der Waals surface area contributed by atoms with E-state index in [1.54, 1.807) is 4.90 Å². The Morgan fingerprint density at radius 3 is 2.41 bits per heavy atom. The predicted molar refractivity (Wildman–Crippen MR) is 89.8 cm³/mol. The number of hydrogen-bond acceptors (Lipinski definition) is 3. The fraction of sp³-hybridized carbons (Fsp3) is 0.875. The average molecular weight is 332 g/mol. The second-order valence-corrected chi connectivity index (χ2v) is 6.93. The van der Waals surface area contributed by atoms with Gasteiger partial charge in [0.1, 0.15) is 6.04 Å². The molecule has 6 heteroatoms. The molecule has 0 spiro atoms. The van der Waals surface area contributed by atoms with Gasteiger partial charge in [-0.2, -0.15) is 0 Å². The molecule has 2 rings (SSSR count). The summed E-state index contributed by atoms with van der Waals surface area (Å²) in [7, 11) is 0. The summed E-state index contributed by atoms with van der Waals surface area (Å²) in [6.07, 6.45) is 3.56. The molecule has 5 nitrogen and oxygen atoms in total. The first-order valence-electron chi connectivity index (χ1n) is 8.25. The summed E-state index contributed by atoms with van der Waals surface area (Å²) >= 11 is 0. The van der Waals surface area contributed by atoms with E-state index in [0.29, 0.717) is 12.3 Å². The largest absolute Gasteiger partial charge is 0.341 e. The smallest absolute Gasteiger partial charge is 0.245 e. The summed E-state index contributed by atoms with van der Waals surface area (Å²) in [4.78, 5) is 28.7. The van der Waals surface area contributed by atoms with E-state index < -0.39 is 0 Å². The topological polar surface area (TPSA) is 66.6 Å². The molecule has 128 valence electrons. The second-order valence-electron chi connectivity index (χ2n) is 6.93. The number of piperidine rings is 1. The van der Waals surface area contributed by atoms with Gasteiger partial charge < -0.3 is 15.5 Å². The van der Waals surface area contributed by atoms with E-state index in [2.05, 4.69) is 0 Å². The molecular formula is C16H30ClN3O2. The van der Waals surface area contributed by atoms with Crippen molar-refractivity contribution in [3.05, 3.63) is 0 Å². The molecule has 2 saturated heterocycles. The van der Waals surface area contributed by atoms with Gasteiger partial charge in [0.15, 0.2) is 0 Å². The summed E-state index contributed by atoms with van der Waals surface area (Å²) < 4.78 is 0. The Labute approximate surface area is 140 Å². The highest BCUT2D eigenvalue weighted by atomic mass is 35.5. The number of nitrogens with two attached hydrogens (primary N) is 1. The highest BCUT2D eigenvalue weighted by Crippen LogP contribution is 2.24. The van der Waals surface area contributed by atoms with Crippen LogP contribution < -0.4 is 5.73 Å². The maximum atomic E-state index is 12.9. The Morgan fingerprint density at radius 1 is 1.23 bits per heavy atom. The highest BCUT2D eigenvalue weighted by molar-refractivity contribution is 5.89. The first-order valence-corrected chi connectivity index (χ1v) is 8.25. The van der Waals surface area contributed by atoms with Crippen LogP contribution in [0.4, 0.5) is 0 Å². The molecule has 2 aliphatic heterocycles. The van der Waals surface area contributed by atoms with Gasteiger partial charge in [-0.1, -0.05) is 13.8 Å². The standard InChI is InChI=1S/C16H29N3O2.ClH/c1-11(2)15(19-9-5-7-14(19)20)16(21)18-8-4-6-13(10-18)12(3)17;/h11-13,15H,4-10,17H2,1-3H3;1H. The number of rotatable bonds is 4. The number of likely N-dealkylation sites (tertiary alicyclic amines) is 2. The lowest BCUT2D eigenvalue weighted by Gasteiger charge is -2.39. The van der Waals surface area contributed by atoms with E-state index in [1.165, 1.54) is 0 Å². The lowest BCUT2D eigenvalue weighted by molar-refractivity contribution is -0.146. The van der Waals surface area contributed by atoms with Gasteiger partial charge in [-0.25, -0.2) is 0 Å². The van der Waals surface area contributed by atoms with Gasteiger partial charge in [0.2, 0.25) is 11.8 Å². The van der Waals surface area contributed by atoms with Crippen molar-refractivity contribution in [2.75, 3.05) is 19.6 Å². The van der Waals surface area contributed by atoms with Crippen molar-refractivity contribution in [3.63, 3.8) is 0 Å². The molecule has 2 aliphatic rings. The average Bonchev–Trinajstić information content (AvgIpc) is 2.85. The molecule has 2 heterocycles. The van der Waals surface area contributed by atoms with Crippen LogP contribution in [-0.2, 0) is 9.59 Å². The Hall–Kier alpha value is -0.810. The van der Waals surface area contributed by atoms with Crippen LogP contribution in [-0.4, -0.2) is 53.3 Å². The Bertz CT molecular complexity index is 401. The molecule has 3 unspecified atom stereocenters. The van der Waals surface area contributed by atoms with Gasteiger partial charge in [0.05, 0.1) is 0 Å². The molecule has 2 amide bonds. The van der Waals surface area contributed by atoms with E-state index in [-0.39, 0.29) is 42.2 Å². The van der Waals surface area contributed by atoms with E-state index >= 15 is 0 Å². The lowest BCUT2D eigenvalue weighted by Crippen LogP contribution is -2.55. The Balaban J connectivity index is 0.00000242. The zero-order valence-corrected chi connectivity index (χ0v) is 14.8. The van der Waals surface area contributed by atoms with Crippen LogP contribution in [0.15, 0.2) is 0 Å². The number of amides is 2. The van der Waals surface area contributed by atoms with E-state index in [0.717, 1.165) is 38.9 Å². The second kappa shape index (κ2) is 8.16. The van der Waals surface area contributed by atoms with Crippen LogP contribution in [0.5, 0.6) is 0 Å². The minimum Gasteiger partial charge on any atom is -0.341 e. The fourth-order valence-electron chi connectivity index (χ4n) is 3.57. The molecule has 0 aromatic carbocycles. The third kappa shape index (κ3) is 4.13. The predicted octanol–water partition coefficient (Wildman–Crippen LogP) is 1.64. The number of nitrogens with zero attached hydrogens (tertiary/aromatic N) is 2. The van der Waals surface area contributed by atoms with Crippen molar-refractivity contribution >= 4 is 24.2 Å². The summed E-state index contributed by atoms with van der Waals surface area (Å²) in [5.41, 5.74) is 6.01. The van der Waals surface area contributed by atoms with E-state index in [4.69, 9.17) is 5.73 Å². The molecule has 2 fully saturated rings. The van der Waals surface area contributed by atoms with Crippen LogP contribution in [0, 0.1) is 11.8 Å². The fourth-order valence-corrected chi connectivity index (χ4v) is 3.57. The first kappa shape index (κ1) is 19.2. The van der Waals surface area contributed by atoms with Gasteiger partial charge in [0.25, 0.3) is 0 Å². The van der Waals surface area contributed by atoms with Gasteiger partial charge in [-0.05, 0) is 38.0 Å². The zero-order valence-electron chi connectivity index (χ0n) is 14.0. The number of carbonyl (C=O) groups excluding carboxylic acids is 2. The van der Waals surface area contributed by atoms with Gasteiger partial charge in [-0.3, -0.25) is 9.59 Å². The minimum absolute atomic E-state index is 0. The van der Waals surface area contributed by atoms with Crippen molar-refractivity contribution in [1.82, 2.24) is 9.80 Å². The van der Waals surface area contributed by atoms with Crippen LogP contribution in [0.1, 0.15) is 46.5 Å². The molecule has 0 aromatic rings. The van der Waals surface area contributed by atoms with Crippen LogP contribution in [0.25, 0.3) is 0 Å². The van der Waals surface area contributed by atoms with Crippen molar-refractivity contribution in [3.8, 4) is 0 Å². The number of carbonyl (C=O) groups is 2. The zero-order chi connectivity index (χ0) is 15.6. The number of hydrogen-bond donors (Lipinski definition) is 1. The van der Waals surface area contributed by atoms with Crippen LogP contribution in [0.2, 0.25) is 0 Å². The van der Waals surface area contributed by atoms with Crippen molar-refractivity contribution in [2.24, 2.45) is 17.6 Å². The molecule has 0 radical (unpaired) electrons. The van der Waals surface area contributed by atoms with Gasteiger partial charge in [0, 0.05) is 32.1 Å². The highest BCUT2D eigenvalue weighted by Gasteiger charge is 2.38. The molecule has 22 heavy (non-hydrogen) atoms. The maximum absolute atomic E-state index is 12.9. The van der Waals surface area contributed by atoms with Gasteiger partial charge in [-0.15, -0.1) is 12.4 Å². The van der Waals surface area contributed by atoms with Crippen molar-refractivity contribution in [2.45, 2.75) is 58.5 Å². The molecule has 3 atom stereocenters. The molecule has 0 aliphatic carbocycles. The van der Waals surface area contributed by atoms with Crippen LogP contribution >= 0.6 is 12.4 Å². The monoisotopic (exact) mass is 331 g/mol. The Morgan fingerprint density at radius 2 is 1.91 bits per heavy atom. The lowest BCUT2D eigenvalue weighted by atomic mass is 9.91. The summed E-state index contributed by atoms with van der Waals surface area (Å²) in [6.45, 7) is 8.33. The first-order chi connectivity index (χ1) is 9.91. The normalized spacial score (nSPS) is 25.1. The van der Waals surface area contributed by atoms with Crippen LogP contribution in [0.3, 0.4) is 0 Å². The Kier molecular flexibility index (Phi) is 7.13. The number of halogens is 1. The molecule has 0 saturated carbocycles. The van der Waals surface area contributed by atoms with Gasteiger partial charge >= 0.3 is 0 Å². The summed E-state index contributed by atoms with van der Waals surface area (Å²) in [5.74, 6) is 0.772. The molecular weight excluding hydrogens is 302 g/mol. The third-order valence-electron chi connectivity index (χ3n) is 4.84. The molecule has 0 bridgehead atoms. The SMILES string of the molecule is CC(C)C(C(=O)N1CCCC(C(C)N)C1)N1CCCC1=O.Cl. The van der Waals surface area contributed by atoms with E-state index in [9.17, 15) is 9.59 Å². The summed E-state index contributed by atoms with van der Waals surface area (Å²) in [5, 5.41) is 0. The van der Waals surface area contributed by atoms with E-state index in [1.807, 2.05) is 25.7 Å².